The van der Waals surface area contributed by atoms with Crippen LogP contribution in [0.15, 0.2) is 60.7 Å². The number of benzene rings is 2. The molecule has 4 atom stereocenters. The number of amides is 2. The largest absolute Gasteiger partial charge is 0.325 e. The van der Waals surface area contributed by atoms with Crippen molar-refractivity contribution in [3.63, 3.8) is 0 Å². The number of nitrogens with one attached hydrogen (secondary N) is 2. The number of likely N-dealkylation sites (tertiary alicyclic amines) is 2. The van der Waals surface area contributed by atoms with Crippen LogP contribution in [0.1, 0.15) is 61.5 Å². The topological polar surface area (TPSA) is 47.6 Å². The molecule has 192 valence electrons. The summed E-state index contributed by atoms with van der Waals surface area (Å²) < 4.78 is 0. The van der Waals surface area contributed by atoms with Gasteiger partial charge in [-0.2, -0.15) is 0 Å². The summed E-state index contributed by atoms with van der Waals surface area (Å²) in [5, 5.41) is 7.61. The Hall–Kier alpha value is -2.37. The zero-order valence-corrected chi connectivity index (χ0v) is 21.5. The van der Waals surface area contributed by atoms with Crippen LogP contribution in [-0.4, -0.2) is 67.2 Å². The van der Waals surface area contributed by atoms with E-state index in [0.29, 0.717) is 35.8 Å². The van der Waals surface area contributed by atoms with Crippen LogP contribution in [0.4, 0.5) is 4.79 Å². The predicted octanol–water partition coefficient (Wildman–Crippen LogP) is 4.82. The molecule has 2 N–H and O–H groups in total. The van der Waals surface area contributed by atoms with E-state index in [1.54, 1.807) is 0 Å². The fourth-order valence-corrected chi connectivity index (χ4v) is 6.47. The molecule has 36 heavy (non-hydrogen) atoms. The molecular formula is C31H42N4O. The van der Waals surface area contributed by atoms with Gasteiger partial charge in [0.25, 0.3) is 0 Å². The summed E-state index contributed by atoms with van der Waals surface area (Å²) in [7, 11) is 0. The van der Waals surface area contributed by atoms with E-state index in [-0.39, 0.29) is 6.03 Å². The second kappa shape index (κ2) is 10.9. The lowest BCUT2D eigenvalue weighted by atomic mass is 9.95. The highest BCUT2D eigenvalue weighted by molar-refractivity contribution is 5.74. The van der Waals surface area contributed by atoms with Gasteiger partial charge in [0.05, 0.1) is 0 Å². The third kappa shape index (κ3) is 5.78. The maximum absolute atomic E-state index is 13.1. The van der Waals surface area contributed by atoms with Crippen LogP contribution in [0.5, 0.6) is 0 Å². The Bertz CT molecular complexity index is 903. The van der Waals surface area contributed by atoms with Crippen LogP contribution >= 0.6 is 0 Å². The Balaban J connectivity index is 0.855. The highest BCUT2D eigenvalue weighted by atomic mass is 16.2. The Kier molecular flexibility index (Phi) is 7.29. The minimum atomic E-state index is 0.283. The number of nitrogens with zero attached hydrogens (tertiary/aromatic N) is 2. The summed E-state index contributed by atoms with van der Waals surface area (Å²) >= 11 is 0. The van der Waals surface area contributed by atoms with Gasteiger partial charge in [-0.15, -0.1) is 0 Å². The fraction of sp³-hybridized carbons (Fsp3) is 0.581. The molecule has 2 amide bonds. The van der Waals surface area contributed by atoms with Gasteiger partial charge in [-0.25, -0.2) is 4.79 Å². The van der Waals surface area contributed by atoms with Crippen molar-refractivity contribution in [2.45, 2.75) is 62.4 Å². The van der Waals surface area contributed by atoms with Gasteiger partial charge in [0, 0.05) is 50.1 Å². The first-order valence-corrected chi connectivity index (χ1v) is 14.3. The van der Waals surface area contributed by atoms with Crippen LogP contribution in [0, 0.1) is 11.8 Å². The van der Waals surface area contributed by atoms with Gasteiger partial charge < -0.3 is 20.4 Å². The lowest BCUT2D eigenvalue weighted by Gasteiger charge is -2.39. The smallest absolute Gasteiger partial charge is 0.319 e. The van der Waals surface area contributed by atoms with Gasteiger partial charge in [-0.05, 0) is 74.6 Å². The molecule has 2 saturated carbocycles. The normalized spacial score (nSPS) is 28.8. The van der Waals surface area contributed by atoms with Crippen molar-refractivity contribution in [3.05, 3.63) is 71.8 Å². The molecule has 5 nitrogen and oxygen atoms in total. The third-order valence-electron chi connectivity index (χ3n) is 9.14. The van der Waals surface area contributed by atoms with E-state index in [1.807, 2.05) is 0 Å². The molecule has 4 aliphatic rings. The summed E-state index contributed by atoms with van der Waals surface area (Å²) in [6, 6.07) is 23.4. The number of hydrogen-bond donors (Lipinski definition) is 2. The second-order valence-electron chi connectivity index (χ2n) is 11.7. The molecule has 0 bridgehead atoms. The molecule has 4 fully saturated rings. The van der Waals surface area contributed by atoms with E-state index in [9.17, 15) is 4.79 Å². The van der Waals surface area contributed by atoms with Crippen LogP contribution in [0.3, 0.4) is 0 Å². The average molecular weight is 487 g/mol. The highest BCUT2D eigenvalue weighted by Crippen LogP contribution is 2.41. The third-order valence-corrected chi connectivity index (χ3v) is 9.14. The van der Waals surface area contributed by atoms with Gasteiger partial charge in [-0.3, -0.25) is 0 Å². The van der Waals surface area contributed by atoms with E-state index in [0.717, 1.165) is 65.0 Å². The van der Waals surface area contributed by atoms with Crippen molar-refractivity contribution in [2.24, 2.45) is 11.8 Å². The maximum Gasteiger partial charge on any atom is 0.319 e. The quantitative estimate of drug-likeness (QED) is 0.562. The van der Waals surface area contributed by atoms with Crippen molar-refractivity contribution in [1.29, 1.82) is 0 Å². The summed E-state index contributed by atoms with van der Waals surface area (Å²) in [4.78, 5) is 17.4. The van der Waals surface area contributed by atoms with Crippen LogP contribution in [0.25, 0.3) is 0 Å². The number of hydrogen-bond acceptors (Lipinski definition) is 3. The number of piperidine rings is 2. The van der Waals surface area contributed by atoms with Crippen molar-refractivity contribution in [3.8, 4) is 0 Å². The highest BCUT2D eigenvalue weighted by Gasteiger charge is 2.39. The zero-order chi connectivity index (χ0) is 24.3. The Morgan fingerprint density at radius 3 is 1.42 bits per heavy atom. The van der Waals surface area contributed by atoms with Crippen LogP contribution in [-0.2, 0) is 0 Å². The average Bonchev–Trinajstić information content (AvgIpc) is 3.88. The van der Waals surface area contributed by atoms with Gasteiger partial charge >= 0.3 is 6.03 Å². The molecule has 0 aromatic heterocycles. The van der Waals surface area contributed by atoms with E-state index in [2.05, 4.69) is 81.1 Å². The van der Waals surface area contributed by atoms with Crippen molar-refractivity contribution in [1.82, 2.24) is 20.4 Å². The fourth-order valence-electron chi connectivity index (χ4n) is 6.47. The van der Waals surface area contributed by atoms with Crippen molar-refractivity contribution < 1.29 is 4.79 Å². The first-order valence-electron chi connectivity index (χ1n) is 14.3. The lowest BCUT2D eigenvalue weighted by molar-refractivity contribution is 0.115. The number of rotatable bonds is 8. The molecule has 6 rings (SSSR count). The van der Waals surface area contributed by atoms with Gasteiger partial charge in [0.15, 0.2) is 0 Å². The SMILES string of the molecule is O=C(N1CCC(CN[C@@H]2C[C@H]2c2ccccc2)CC1)N1CCC(CN[C@@H]2C[C@H]2c2ccccc2)CC1. The maximum atomic E-state index is 13.1. The van der Waals surface area contributed by atoms with Gasteiger partial charge in [0.1, 0.15) is 0 Å². The summed E-state index contributed by atoms with van der Waals surface area (Å²) in [5.41, 5.74) is 2.94. The predicted molar refractivity (Wildman–Crippen MR) is 145 cm³/mol. The number of carbonyl (C=O) groups excluding carboxylic acids is 1. The summed E-state index contributed by atoms with van der Waals surface area (Å²) in [6.45, 7) is 5.87. The van der Waals surface area contributed by atoms with Gasteiger partial charge in [0.2, 0.25) is 0 Å². The monoisotopic (exact) mass is 486 g/mol. The molecule has 0 radical (unpaired) electrons. The first kappa shape index (κ1) is 24.0. The molecule has 2 aliphatic carbocycles. The Morgan fingerprint density at radius 2 is 1.03 bits per heavy atom. The zero-order valence-electron chi connectivity index (χ0n) is 21.5. The Morgan fingerprint density at radius 1 is 0.639 bits per heavy atom. The number of urea groups is 1. The van der Waals surface area contributed by atoms with Crippen LogP contribution < -0.4 is 10.6 Å². The molecule has 2 aromatic rings. The van der Waals surface area contributed by atoms with E-state index >= 15 is 0 Å². The van der Waals surface area contributed by atoms with E-state index < -0.39 is 0 Å². The Labute approximate surface area is 216 Å². The standard InChI is InChI=1S/C31H42N4O/c36-31(34-15-11-23(12-16-34)21-32-29-19-27(29)25-7-3-1-4-8-25)35-17-13-24(14-18-35)22-33-30-20-28(30)26-9-5-2-6-10-26/h1-10,23-24,27-30,32-33H,11-22H2/t27-,28-,29+,30+/m0/s1. The van der Waals surface area contributed by atoms with E-state index in [1.165, 1.54) is 24.0 Å². The molecular weight excluding hydrogens is 444 g/mol. The minimum Gasteiger partial charge on any atom is -0.325 e. The second-order valence-corrected chi connectivity index (χ2v) is 11.7. The molecule has 2 aliphatic heterocycles. The van der Waals surface area contributed by atoms with Crippen molar-refractivity contribution >= 4 is 6.03 Å². The van der Waals surface area contributed by atoms with E-state index in [4.69, 9.17) is 0 Å². The number of carbonyl (C=O) groups is 1. The van der Waals surface area contributed by atoms with Crippen molar-refractivity contribution in [2.75, 3.05) is 39.3 Å². The molecule has 0 spiro atoms. The summed E-state index contributed by atoms with van der Waals surface area (Å²) in [6.07, 6.45) is 7.05. The molecule has 2 heterocycles. The molecule has 0 unspecified atom stereocenters. The molecule has 2 saturated heterocycles. The summed E-state index contributed by atoms with van der Waals surface area (Å²) in [5.74, 6) is 2.79. The van der Waals surface area contributed by atoms with Gasteiger partial charge in [-0.1, -0.05) is 60.7 Å². The minimum absolute atomic E-state index is 0.283. The first-order chi connectivity index (χ1) is 17.7. The van der Waals surface area contributed by atoms with Crippen LogP contribution in [0.2, 0.25) is 0 Å². The lowest BCUT2D eigenvalue weighted by Crippen LogP contribution is -2.50. The molecule has 5 heteroatoms. The molecule has 2 aromatic carbocycles.